The van der Waals surface area contributed by atoms with Crippen LogP contribution < -0.4 is 0 Å². The highest BCUT2D eigenvalue weighted by molar-refractivity contribution is 5.70. The smallest absolute Gasteiger partial charge is 0.414 e. The van der Waals surface area contributed by atoms with Gasteiger partial charge in [0.1, 0.15) is 5.60 Å². The summed E-state index contributed by atoms with van der Waals surface area (Å²) in [4.78, 5) is 22.7. The van der Waals surface area contributed by atoms with Gasteiger partial charge in [-0.1, -0.05) is 6.08 Å². The summed E-state index contributed by atoms with van der Waals surface area (Å²) in [5.41, 5.74) is -0.550. The minimum Gasteiger partial charge on any atom is -0.481 e. The van der Waals surface area contributed by atoms with Crippen molar-refractivity contribution in [1.29, 1.82) is 0 Å². The van der Waals surface area contributed by atoms with Crippen molar-refractivity contribution >= 4 is 12.1 Å². The number of hydrogen-bond donors (Lipinski definition) is 1. The second-order valence-corrected chi connectivity index (χ2v) is 4.07. The third kappa shape index (κ3) is 7.54. The first-order chi connectivity index (χ1) is 6.72. The molecule has 0 bridgehead atoms. The molecule has 0 fully saturated rings. The minimum atomic E-state index is -0.941. The van der Waals surface area contributed by atoms with E-state index in [0.717, 1.165) is 0 Å². The molecule has 0 aromatic rings. The molecule has 15 heavy (non-hydrogen) atoms. The van der Waals surface area contributed by atoms with E-state index in [1.54, 1.807) is 20.8 Å². The zero-order valence-corrected chi connectivity index (χ0v) is 9.48. The van der Waals surface area contributed by atoms with Crippen molar-refractivity contribution in [3.8, 4) is 0 Å². The summed E-state index contributed by atoms with van der Waals surface area (Å²) in [6.07, 6.45) is 2.13. The third-order valence-corrected chi connectivity index (χ3v) is 1.30. The Kier molecular flexibility index (Phi) is 4.84. The van der Waals surface area contributed by atoms with Crippen LogP contribution in [0.3, 0.4) is 0 Å². The number of rotatable bonds is 3. The third-order valence-electron chi connectivity index (χ3n) is 1.30. The average Bonchev–Trinajstić information content (AvgIpc) is 1.99. The molecule has 0 aliphatic rings. The molecule has 0 aromatic carbocycles. The van der Waals surface area contributed by atoms with Crippen molar-refractivity contribution in [3.63, 3.8) is 0 Å². The summed E-state index contributed by atoms with van der Waals surface area (Å²) >= 11 is 0. The molecular weight excluding hydrogens is 198 g/mol. The summed E-state index contributed by atoms with van der Waals surface area (Å²) in [7, 11) is 1.51. The molecule has 0 aliphatic heterocycles. The summed E-state index contributed by atoms with van der Waals surface area (Å²) in [5.74, 6) is -0.941. The molecule has 5 heteroatoms. The van der Waals surface area contributed by atoms with Crippen molar-refractivity contribution in [2.45, 2.75) is 32.8 Å². The molecule has 0 saturated carbocycles. The molecule has 1 N–H and O–H groups in total. The Morgan fingerprint density at radius 2 is 1.93 bits per heavy atom. The summed E-state index contributed by atoms with van der Waals surface area (Å²) in [6.45, 7) is 5.29. The van der Waals surface area contributed by atoms with Crippen molar-refractivity contribution in [2.75, 3.05) is 7.05 Å². The monoisotopic (exact) mass is 215 g/mol. The van der Waals surface area contributed by atoms with E-state index in [1.807, 2.05) is 0 Å². The highest BCUT2D eigenvalue weighted by atomic mass is 16.6. The summed E-state index contributed by atoms with van der Waals surface area (Å²) in [5, 5.41) is 8.37. The number of aliphatic carboxylic acids is 1. The lowest BCUT2D eigenvalue weighted by molar-refractivity contribution is -0.136. The fourth-order valence-electron chi connectivity index (χ4n) is 0.706. The van der Waals surface area contributed by atoms with E-state index >= 15 is 0 Å². The Bertz CT molecular complexity index is 265. The molecule has 5 nitrogen and oxygen atoms in total. The van der Waals surface area contributed by atoms with E-state index in [9.17, 15) is 9.59 Å². The molecule has 0 aromatic heterocycles. The predicted octanol–water partition coefficient (Wildman–Crippen LogP) is 1.84. The van der Waals surface area contributed by atoms with Gasteiger partial charge in [-0.15, -0.1) is 0 Å². The molecule has 0 radical (unpaired) electrons. The van der Waals surface area contributed by atoms with Crippen molar-refractivity contribution in [2.24, 2.45) is 0 Å². The van der Waals surface area contributed by atoms with Crippen LogP contribution in [0.25, 0.3) is 0 Å². The molecular formula is C10H17NO4. The van der Waals surface area contributed by atoms with Gasteiger partial charge in [0, 0.05) is 13.2 Å². The van der Waals surface area contributed by atoms with Gasteiger partial charge < -0.3 is 9.84 Å². The van der Waals surface area contributed by atoms with Crippen LogP contribution in [0.15, 0.2) is 12.3 Å². The van der Waals surface area contributed by atoms with Gasteiger partial charge in [0.2, 0.25) is 0 Å². The second-order valence-electron chi connectivity index (χ2n) is 4.07. The van der Waals surface area contributed by atoms with Crippen LogP contribution in [-0.4, -0.2) is 34.7 Å². The minimum absolute atomic E-state index is 0.118. The SMILES string of the molecule is CN(/C=C/CC(=O)O)C(=O)OC(C)(C)C. The number of amides is 1. The molecule has 0 aliphatic carbocycles. The maximum atomic E-state index is 11.3. The van der Waals surface area contributed by atoms with Gasteiger partial charge in [0.05, 0.1) is 6.42 Å². The number of carboxylic acid groups (broad SMARTS) is 1. The van der Waals surface area contributed by atoms with E-state index in [1.165, 1.54) is 24.2 Å². The Balaban J connectivity index is 4.10. The Morgan fingerprint density at radius 3 is 2.33 bits per heavy atom. The molecule has 86 valence electrons. The van der Waals surface area contributed by atoms with E-state index in [-0.39, 0.29) is 6.42 Å². The van der Waals surface area contributed by atoms with Crippen LogP contribution in [0, 0.1) is 0 Å². The maximum Gasteiger partial charge on any atom is 0.414 e. The molecule has 0 heterocycles. The van der Waals surface area contributed by atoms with Crippen molar-refractivity contribution < 1.29 is 19.4 Å². The van der Waals surface area contributed by atoms with Gasteiger partial charge in [-0.3, -0.25) is 9.69 Å². The molecule has 0 rings (SSSR count). The van der Waals surface area contributed by atoms with Crippen LogP contribution in [0.4, 0.5) is 4.79 Å². The van der Waals surface area contributed by atoms with Crippen LogP contribution in [0.2, 0.25) is 0 Å². The Labute approximate surface area is 89.3 Å². The van der Waals surface area contributed by atoms with Gasteiger partial charge in [-0.25, -0.2) is 4.79 Å². The normalized spacial score (nSPS) is 11.5. The van der Waals surface area contributed by atoms with Crippen LogP contribution in [-0.2, 0) is 9.53 Å². The quantitative estimate of drug-likeness (QED) is 0.780. The standard InChI is InChI=1S/C10H17NO4/c1-10(2,3)15-9(14)11(4)7-5-6-8(12)13/h5,7H,6H2,1-4H3,(H,12,13)/b7-5+. The number of carboxylic acids is 1. The number of carbonyl (C=O) groups is 2. The molecule has 0 spiro atoms. The zero-order valence-electron chi connectivity index (χ0n) is 9.48. The molecule has 0 unspecified atom stereocenters. The van der Waals surface area contributed by atoms with E-state index in [2.05, 4.69) is 0 Å². The fourth-order valence-corrected chi connectivity index (χ4v) is 0.706. The largest absolute Gasteiger partial charge is 0.481 e. The van der Waals surface area contributed by atoms with Gasteiger partial charge in [0.25, 0.3) is 0 Å². The zero-order chi connectivity index (χ0) is 12.1. The Hall–Kier alpha value is -1.52. The van der Waals surface area contributed by atoms with Crippen molar-refractivity contribution in [1.82, 2.24) is 4.90 Å². The maximum absolute atomic E-state index is 11.3. The van der Waals surface area contributed by atoms with Gasteiger partial charge in [-0.05, 0) is 20.8 Å². The van der Waals surface area contributed by atoms with E-state index in [4.69, 9.17) is 9.84 Å². The first-order valence-electron chi connectivity index (χ1n) is 4.56. The lowest BCUT2D eigenvalue weighted by atomic mass is 10.2. The highest BCUT2D eigenvalue weighted by Crippen LogP contribution is 2.09. The average molecular weight is 215 g/mol. The van der Waals surface area contributed by atoms with Gasteiger partial charge in [0.15, 0.2) is 0 Å². The second kappa shape index (κ2) is 5.38. The summed E-state index contributed by atoms with van der Waals surface area (Å²) in [6, 6.07) is 0. The van der Waals surface area contributed by atoms with E-state index in [0.29, 0.717) is 0 Å². The lowest BCUT2D eigenvalue weighted by Gasteiger charge is -2.22. The fraction of sp³-hybridized carbons (Fsp3) is 0.600. The topological polar surface area (TPSA) is 66.8 Å². The number of hydrogen-bond acceptors (Lipinski definition) is 3. The predicted molar refractivity (Wildman–Crippen MR) is 55.4 cm³/mol. The van der Waals surface area contributed by atoms with E-state index < -0.39 is 17.7 Å². The van der Waals surface area contributed by atoms with Gasteiger partial charge >= 0.3 is 12.1 Å². The Morgan fingerprint density at radius 1 is 1.40 bits per heavy atom. The van der Waals surface area contributed by atoms with Crippen molar-refractivity contribution in [3.05, 3.63) is 12.3 Å². The first kappa shape index (κ1) is 13.5. The number of carbonyl (C=O) groups excluding carboxylic acids is 1. The lowest BCUT2D eigenvalue weighted by Crippen LogP contribution is -2.31. The summed E-state index contributed by atoms with van der Waals surface area (Å²) < 4.78 is 5.05. The number of ether oxygens (including phenoxy) is 1. The molecule has 1 amide bonds. The molecule has 0 saturated heterocycles. The number of nitrogens with zero attached hydrogens (tertiary/aromatic N) is 1. The molecule has 0 atom stereocenters. The first-order valence-corrected chi connectivity index (χ1v) is 4.56. The van der Waals surface area contributed by atoms with Gasteiger partial charge in [-0.2, -0.15) is 0 Å². The van der Waals surface area contributed by atoms with Crippen LogP contribution >= 0.6 is 0 Å². The van der Waals surface area contributed by atoms with Crippen LogP contribution in [0.5, 0.6) is 0 Å². The van der Waals surface area contributed by atoms with Crippen LogP contribution in [0.1, 0.15) is 27.2 Å². The highest BCUT2D eigenvalue weighted by Gasteiger charge is 2.17.